The van der Waals surface area contributed by atoms with Gasteiger partial charge in [-0.25, -0.2) is 9.48 Å². The molecule has 1 aliphatic carbocycles. The van der Waals surface area contributed by atoms with Crippen molar-refractivity contribution in [1.29, 1.82) is 0 Å². The molecule has 3 aliphatic rings. The highest BCUT2D eigenvalue weighted by atomic mass is 16.5. The van der Waals surface area contributed by atoms with Gasteiger partial charge in [-0.3, -0.25) is 4.79 Å². The Labute approximate surface area is 153 Å². The summed E-state index contributed by atoms with van der Waals surface area (Å²) in [6.07, 6.45) is 6.48. The standard InChI is InChI=1S/C19H28N4O3/c24-18-6-5-17(15-3-4-15)21-23(18)13-14-7-9-22(10-8-14)19(25)20-12-16-2-1-11-26-16/h5-6,14-16H,1-4,7-13H2,(H,20,25). The fourth-order valence-electron chi connectivity index (χ4n) is 3.87. The quantitative estimate of drug-likeness (QED) is 0.867. The predicted octanol–water partition coefficient (Wildman–Crippen LogP) is 1.72. The van der Waals surface area contributed by atoms with Gasteiger partial charge in [0, 0.05) is 44.8 Å². The number of nitrogens with one attached hydrogen (secondary N) is 1. The molecule has 26 heavy (non-hydrogen) atoms. The van der Waals surface area contributed by atoms with Crippen LogP contribution in [0.4, 0.5) is 4.79 Å². The summed E-state index contributed by atoms with van der Waals surface area (Å²) in [6, 6.07) is 3.52. The van der Waals surface area contributed by atoms with Gasteiger partial charge in [0.25, 0.3) is 5.56 Å². The Kier molecular flexibility index (Phi) is 5.24. The van der Waals surface area contributed by atoms with Gasteiger partial charge in [-0.2, -0.15) is 5.10 Å². The molecule has 1 unspecified atom stereocenters. The summed E-state index contributed by atoms with van der Waals surface area (Å²) in [5, 5.41) is 7.54. The SMILES string of the molecule is O=C(NCC1CCCO1)N1CCC(Cn2nc(C3CC3)ccc2=O)CC1. The van der Waals surface area contributed by atoms with Crippen molar-refractivity contribution in [3.63, 3.8) is 0 Å². The molecule has 7 nitrogen and oxygen atoms in total. The average Bonchev–Trinajstić information content (AvgIpc) is 3.38. The number of hydrogen-bond donors (Lipinski definition) is 1. The number of amides is 2. The molecule has 3 heterocycles. The average molecular weight is 360 g/mol. The highest BCUT2D eigenvalue weighted by molar-refractivity contribution is 5.74. The van der Waals surface area contributed by atoms with E-state index in [-0.39, 0.29) is 17.7 Å². The van der Waals surface area contributed by atoms with Crippen molar-refractivity contribution in [2.45, 2.75) is 57.1 Å². The molecule has 1 aromatic rings. The van der Waals surface area contributed by atoms with Gasteiger partial charge in [0.05, 0.1) is 11.8 Å². The maximum absolute atomic E-state index is 12.3. The van der Waals surface area contributed by atoms with Gasteiger partial charge in [-0.1, -0.05) is 0 Å². The summed E-state index contributed by atoms with van der Waals surface area (Å²) in [4.78, 5) is 26.3. The molecular weight excluding hydrogens is 332 g/mol. The fourth-order valence-corrected chi connectivity index (χ4v) is 3.87. The predicted molar refractivity (Wildman–Crippen MR) is 97.1 cm³/mol. The Morgan fingerprint density at radius 2 is 2.00 bits per heavy atom. The molecule has 3 fully saturated rings. The van der Waals surface area contributed by atoms with Crippen molar-refractivity contribution in [3.05, 3.63) is 28.2 Å². The maximum atomic E-state index is 12.3. The van der Waals surface area contributed by atoms with E-state index >= 15 is 0 Å². The molecular formula is C19H28N4O3. The zero-order valence-corrected chi connectivity index (χ0v) is 15.2. The third-order valence-corrected chi connectivity index (χ3v) is 5.72. The first-order valence-corrected chi connectivity index (χ1v) is 9.91. The van der Waals surface area contributed by atoms with E-state index in [1.165, 1.54) is 12.8 Å². The fraction of sp³-hybridized carbons (Fsp3) is 0.737. The molecule has 0 spiro atoms. The van der Waals surface area contributed by atoms with Crippen molar-refractivity contribution in [1.82, 2.24) is 20.0 Å². The van der Waals surface area contributed by atoms with Gasteiger partial charge in [-0.15, -0.1) is 0 Å². The highest BCUT2D eigenvalue weighted by Gasteiger charge is 2.27. The summed E-state index contributed by atoms with van der Waals surface area (Å²) in [6.45, 7) is 3.54. The third-order valence-electron chi connectivity index (χ3n) is 5.72. The summed E-state index contributed by atoms with van der Waals surface area (Å²) in [5.74, 6) is 0.952. The molecule has 2 aliphatic heterocycles. The smallest absolute Gasteiger partial charge is 0.317 e. The van der Waals surface area contributed by atoms with E-state index in [4.69, 9.17) is 4.74 Å². The third kappa shape index (κ3) is 4.26. The molecule has 4 rings (SSSR count). The van der Waals surface area contributed by atoms with Crippen molar-refractivity contribution < 1.29 is 9.53 Å². The van der Waals surface area contributed by atoms with E-state index in [1.807, 2.05) is 11.0 Å². The largest absolute Gasteiger partial charge is 0.376 e. The molecule has 0 bridgehead atoms. The molecule has 2 saturated heterocycles. The second kappa shape index (κ2) is 7.78. The number of urea groups is 1. The van der Waals surface area contributed by atoms with Crippen LogP contribution in [0.1, 0.15) is 50.1 Å². The van der Waals surface area contributed by atoms with Crippen LogP contribution in [0.2, 0.25) is 0 Å². The van der Waals surface area contributed by atoms with Gasteiger partial charge < -0.3 is 15.0 Å². The number of piperidine rings is 1. The van der Waals surface area contributed by atoms with E-state index in [1.54, 1.807) is 10.7 Å². The monoisotopic (exact) mass is 360 g/mol. The summed E-state index contributed by atoms with van der Waals surface area (Å²) >= 11 is 0. The van der Waals surface area contributed by atoms with Crippen LogP contribution in [0.3, 0.4) is 0 Å². The number of nitrogens with zero attached hydrogens (tertiary/aromatic N) is 3. The van der Waals surface area contributed by atoms with Gasteiger partial charge in [-0.05, 0) is 50.5 Å². The number of aromatic nitrogens is 2. The van der Waals surface area contributed by atoms with Gasteiger partial charge in [0.2, 0.25) is 0 Å². The number of carbonyl (C=O) groups is 1. The zero-order valence-electron chi connectivity index (χ0n) is 15.2. The van der Waals surface area contributed by atoms with Crippen LogP contribution in [0, 0.1) is 5.92 Å². The van der Waals surface area contributed by atoms with Crippen LogP contribution in [-0.2, 0) is 11.3 Å². The highest BCUT2D eigenvalue weighted by Crippen LogP contribution is 2.38. The zero-order chi connectivity index (χ0) is 17.9. The molecule has 142 valence electrons. The van der Waals surface area contributed by atoms with Crippen molar-refractivity contribution in [2.75, 3.05) is 26.2 Å². The van der Waals surface area contributed by atoms with Gasteiger partial charge in [0.1, 0.15) is 0 Å². The lowest BCUT2D eigenvalue weighted by molar-refractivity contribution is 0.107. The van der Waals surface area contributed by atoms with Crippen LogP contribution in [-0.4, -0.2) is 53.1 Å². The van der Waals surface area contributed by atoms with E-state index in [0.29, 0.717) is 24.9 Å². The minimum Gasteiger partial charge on any atom is -0.376 e. The number of likely N-dealkylation sites (tertiary alicyclic amines) is 1. The van der Waals surface area contributed by atoms with E-state index in [9.17, 15) is 9.59 Å². The lowest BCUT2D eigenvalue weighted by Crippen LogP contribution is -2.47. The molecule has 1 N–H and O–H groups in total. The lowest BCUT2D eigenvalue weighted by atomic mass is 9.97. The summed E-state index contributed by atoms with van der Waals surface area (Å²) < 4.78 is 7.17. The van der Waals surface area contributed by atoms with Crippen LogP contribution in [0.25, 0.3) is 0 Å². The first-order valence-electron chi connectivity index (χ1n) is 9.91. The van der Waals surface area contributed by atoms with Crippen LogP contribution < -0.4 is 10.9 Å². The van der Waals surface area contributed by atoms with Gasteiger partial charge >= 0.3 is 6.03 Å². The molecule has 2 amide bonds. The van der Waals surface area contributed by atoms with Crippen molar-refractivity contribution >= 4 is 6.03 Å². The van der Waals surface area contributed by atoms with Crippen LogP contribution in [0.15, 0.2) is 16.9 Å². The number of ether oxygens (including phenoxy) is 1. The number of carbonyl (C=O) groups excluding carboxylic acids is 1. The van der Waals surface area contributed by atoms with E-state index in [2.05, 4.69) is 10.4 Å². The first kappa shape index (κ1) is 17.5. The van der Waals surface area contributed by atoms with E-state index < -0.39 is 0 Å². The second-order valence-corrected chi connectivity index (χ2v) is 7.80. The Morgan fingerprint density at radius 3 is 2.69 bits per heavy atom. The second-order valence-electron chi connectivity index (χ2n) is 7.80. The summed E-state index contributed by atoms with van der Waals surface area (Å²) in [7, 11) is 0. The minimum absolute atomic E-state index is 0.00460. The summed E-state index contributed by atoms with van der Waals surface area (Å²) in [5.41, 5.74) is 1.03. The Bertz CT molecular complexity index is 686. The Balaban J connectivity index is 1.25. The molecule has 7 heteroatoms. The number of rotatable bonds is 5. The maximum Gasteiger partial charge on any atom is 0.317 e. The number of hydrogen-bond acceptors (Lipinski definition) is 4. The minimum atomic E-state index is -0.0221. The van der Waals surface area contributed by atoms with Crippen LogP contribution >= 0.6 is 0 Å². The topological polar surface area (TPSA) is 76.5 Å². The Morgan fingerprint density at radius 1 is 1.19 bits per heavy atom. The molecule has 1 aromatic heterocycles. The lowest BCUT2D eigenvalue weighted by Gasteiger charge is -2.32. The van der Waals surface area contributed by atoms with Crippen LogP contribution in [0.5, 0.6) is 0 Å². The van der Waals surface area contributed by atoms with Crippen molar-refractivity contribution in [2.24, 2.45) is 5.92 Å². The molecule has 0 aromatic carbocycles. The normalized spacial score (nSPS) is 24.0. The Hall–Kier alpha value is -1.89. The molecule has 0 radical (unpaired) electrons. The molecule has 1 saturated carbocycles. The van der Waals surface area contributed by atoms with Crippen molar-refractivity contribution in [3.8, 4) is 0 Å². The van der Waals surface area contributed by atoms with Gasteiger partial charge in [0.15, 0.2) is 0 Å². The first-order chi connectivity index (χ1) is 12.7. The molecule has 1 atom stereocenters. The van der Waals surface area contributed by atoms with E-state index in [0.717, 1.165) is 51.1 Å².